The first-order chi connectivity index (χ1) is 8.31. The second kappa shape index (κ2) is 6.75. The minimum atomic E-state index is 0.758. The van der Waals surface area contributed by atoms with Gasteiger partial charge in [0.2, 0.25) is 0 Å². The Morgan fingerprint density at radius 3 is 2.53 bits per heavy atom. The Hall–Kier alpha value is -0.0800. The van der Waals surface area contributed by atoms with Crippen LogP contribution < -0.4 is 5.32 Å². The molecular formula is C15H30N2. The van der Waals surface area contributed by atoms with Crippen LogP contribution in [0.15, 0.2) is 0 Å². The summed E-state index contributed by atoms with van der Waals surface area (Å²) >= 11 is 0. The second-order valence-corrected chi connectivity index (χ2v) is 6.11. The molecule has 1 N–H and O–H groups in total. The van der Waals surface area contributed by atoms with Crippen molar-refractivity contribution in [2.24, 2.45) is 5.92 Å². The fourth-order valence-corrected chi connectivity index (χ4v) is 3.81. The zero-order chi connectivity index (χ0) is 12.1. The van der Waals surface area contributed by atoms with Crippen molar-refractivity contribution >= 4 is 0 Å². The summed E-state index contributed by atoms with van der Waals surface area (Å²) in [6.45, 7) is 4.87. The maximum atomic E-state index is 3.68. The van der Waals surface area contributed by atoms with Gasteiger partial charge in [0.05, 0.1) is 0 Å². The summed E-state index contributed by atoms with van der Waals surface area (Å²) in [4.78, 5) is 2.66. The van der Waals surface area contributed by atoms with E-state index in [1.165, 1.54) is 64.5 Å². The molecule has 2 aliphatic rings. The van der Waals surface area contributed by atoms with Gasteiger partial charge in [-0.15, -0.1) is 0 Å². The van der Waals surface area contributed by atoms with Crippen LogP contribution in [0.3, 0.4) is 0 Å². The zero-order valence-corrected chi connectivity index (χ0v) is 11.8. The first kappa shape index (κ1) is 13.4. The quantitative estimate of drug-likeness (QED) is 0.810. The molecule has 0 aromatic heterocycles. The lowest BCUT2D eigenvalue weighted by Gasteiger charge is -2.40. The highest BCUT2D eigenvalue weighted by atomic mass is 15.2. The van der Waals surface area contributed by atoms with Crippen molar-refractivity contribution in [3.05, 3.63) is 0 Å². The first-order valence-electron chi connectivity index (χ1n) is 7.75. The molecule has 0 bridgehead atoms. The van der Waals surface area contributed by atoms with Crippen LogP contribution in [0.2, 0.25) is 0 Å². The molecule has 0 aromatic carbocycles. The summed E-state index contributed by atoms with van der Waals surface area (Å²) < 4.78 is 0. The summed E-state index contributed by atoms with van der Waals surface area (Å²) in [6, 6.07) is 1.62. The van der Waals surface area contributed by atoms with Gasteiger partial charge in [0, 0.05) is 18.6 Å². The number of hydrogen-bond donors (Lipinski definition) is 1. The molecule has 1 saturated carbocycles. The largest absolute Gasteiger partial charge is 0.313 e. The summed E-state index contributed by atoms with van der Waals surface area (Å²) in [6.07, 6.45) is 11.4. The predicted molar refractivity (Wildman–Crippen MR) is 74.3 cm³/mol. The molecule has 1 saturated heterocycles. The molecule has 3 unspecified atom stereocenters. The van der Waals surface area contributed by atoms with E-state index in [0.717, 1.165) is 18.0 Å². The molecule has 2 rings (SSSR count). The Morgan fingerprint density at radius 2 is 1.82 bits per heavy atom. The van der Waals surface area contributed by atoms with E-state index < -0.39 is 0 Å². The highest BCUT2D eigenvalue weighted by Crippen LogP contribution is 2.30. The topological polar surface area (TPSA) is 15.3 Å². The smallest absolute Gasteiger partial charge is 0.0195 e. The van der Waals surface area contributed by atoms with Gasteiger partial charge in [-0.25, -0.2) is 0 Å². The van der Waals surface area contributed by atoms with Gasteiger partial charge >= 0.3 is 0 Å². The fourth-order valence-electron chi connectivity index (χ4n) is 3.81. The van der Waals surface area contributed by atoms with Gasteiger partial charge in [0.15, 0.2) is 0 Å². The molecule has 0 spiro atoms. The van der Waals surface area contributed by atoms with Crippen LogP contribution in [0.1, 0.15) is 58.3 Å². The van der Waals surface area contributed by atoms with Gasteiger partial charge in [-0.1, -0.05) is 32.6 Å². The molecule has 17 heavy (non-hydrogen) atoms. The maximum absolute atomic E-state index is 3.68. The minimum Gasteiger partial charge on any atom is -0.313 e. The van der Waals surface area contributed by atoms with Crippen LogP contribution in [-0.4, -0.2) is 37.1 Å². The molecule has 3 atom stereocenters. The Kier molecular flexibility index (Phi) is 5.30. The van der Waals surface area contributed by atoms with Crippen molar-refractivity contribution in [3.63, 3.8) is 0 Å². The van der Waals surface area contributed by atoms with E-state index in [-0.39, 0.29) is 0 Å². The average Bonchev–Trinajstić information content (AvgIpc) is 2.40. The molecule has 2 fully saturated rings. The minimum absolute atomic E-state index is 0.758. The van der Waals surface area contributed by atoms with Gasteiger partial charge in [0.1, 0.15) is 0 Å². The lowest BCUT2D eigenvalue weighted by molar-refractivity contribution is 0.112. The van der Waals surface area contributed by atoms with Crippen LogP contribution >= 0.6 is 0 Å². The maximum Gasteiger partial charge on any atom is 0.0195 e. The lowest BCUT2D eigenvalue weighted by atomic mass is 9.82. The van der Waals surface area contributed by atoms with Crippen molar-refractivity contribution in [2.45, 2.75) is 70.4 Å². The van der Waals surface area contributed by atoms with Crippen LogP contribution in [0.25, 0.3) is 0 Å². The molecule has 100 valence electrons. The first-order valence-corrected chi connectivity index (χ1v) is 7.75. The summed E-state index contributed by atoms with van der Waals surface area (Å²) in [5.41, 5.74) is 0. The lowest BCUT2D eigenvalue weighted by Crippen LogP contribution is -2.48. The zero-order valence-electron chi connectivity index (χ0n) is 11.8. The molecule has 0 radical (unpaired) electrons. The van der Waals surface area contributed by atoms with Crippen LogP contribution in [-0.2, 0) is 0 Å². The molecule has 0 aromatic rings. The van der Waals surface area contributed by atoms with Crippen LogP contribution in [0, 0.1) is 5.92 Å². The highest BCUT2D eigenvalue weighted by Gasteiger charge is 2.28. The normalized spacial score (nSPS) is 35.1. The van der Waals surface area contributed by atoms with Crippen molar-refractivity contribution in [3.8, 4) is 0 Å². The van der Waals surface area contributed by atoms with Crippen molar-refractivity contribution in [1.82, 2.24) is 10.2 Å². The predicted octanol–water partition coefficient (Wildman–Crippen LogP) is 3.03. The molecular weight excluding hydrogens is 208 g/mol. The van der Waals surface area contributed by atoms with E-state index in [0.29, 0.717) is 0 Å². The van der Waals surface area contributed by atoms with E-state index in [4.69, 9.17) is 0 Å². The van der Waals surface area contributed by atoms with Gasteiger partial charge in [-0.05, 0) is 45.2 Å². The van der Waals surface area contributed by atoms with Crippen LogP contribution in [0.4, 0.5) is 0 Å². The number of hydrogen-bond acceptors (Lipinski definition) is 2. The van der Waals surface area contributed by atoms with E-state index in [2.05, 4.69) is 24.2 Å². The van der Waals surface area contributed by atoms with Gasteiger partial charge < -0.3 is 10.2 Å². The Bertz CT molecular complexity index is 211. The molecule has 1 aliphatic heterocycles. The van der Waals surface area contributed by atoms with Crippen molar-refractivity contribution in [1.29, 1.82) is 0 Å². The highest BCUT2D eigenvalue weighted by molar-refractivity contribution is 4.84. The molecule has 2 heteroatoms. The van der Waals surface area contributed by atoms with Gasteiger partial charge in [-0.2, -0.15) is 0 Å². The number of nitrogens with one attached hydrogen (secondary N) is 1. The van der Waals surface area contributed by atoms with Crippen molar-refractivity contribution in [2.75, 3.05) is 20.1 Å². The monoisotopic (exact) mass is 238 g/mol. The van der Waals surface area contributed by atoms with Gasteiger partial charge in [-0.3, -0.25) is 0 Å². The standard InChI is InChI=1S/C15H30N2/c1-3-13-8-4-5-10-15(13)17(2)12-14-9-6-7-11-16-14/h13-16H,3-12H2,1-2H3. The molecule has 2 nitrogen and oxygen atoms in total. The number of rotatable bonds is 4. The molecule has 1 aliphatic carbocycles. The van der Waals surface area contributed by atoms with Crippen LogP contribution in [0.5, 0.6) is 0 Å². The number of nitrogens with zero attached hydrogens (tertiary/aromatic N) is 1. The van der Waals surface area contributed by atoms with Gasteiger partial charge in [0.25, 0.3) is 0 Å². The van der Waals surface area contributed by atoms with E-state index in [1.807, 2.05) is 0 Å². The summed E-state index contributed by atoms with van der Waals surface area (Å²) in [7, 11) is 2.36. The number of piperidine rings is 1. The third-order valence-electron chi connectivity index (χ3n) is 4.88. The Balaban J connectivity index is 1.82. The SMILES string of the molecule is CCC1CCCCC1N(C)CC1CCCCN1. The van der Waals surface area contributed by atoms with E-state index >= 15 is 0 Å². The molecule has 1 heterocycles. The number of likely N-dealkylation sites (N-methyl/N-ethyl adjacent to an activating group) is 1. The third-order valence-corrected chi connectivity index (χ3v) is 4.88. The van der Waals surface area contributed by atoms with E-state index in [9.17, 15) is 0 Å². The molecule has 0 amide bonds. The fraction of sp³-hybridized carbons (Fsp3) is 1.00. The summed E-state index contributed by atoms with van der Waals surface area (Å²) in [5.74, 6) is 0.956. The third kappa shape index (κ3) is 3.69. The Labute approximate surface area is 107 Å². The Morgan fingerprint density at radius 1 is 1.06 bits per heavy atom. The van der Waals surface area contributed by atoms with E-state index in [1.54, 1.807) is 0 Å². The average molecular weight is 238 g/mol. The summed E-state index contributed by atoms with van der Waals surface area (Å²) in [5, 5.41) is 3.68. The second-order valence-electron chi connectivity index (χ2n) is 6.11. The van der Waals surface area contributed by atoms with Crippen molar-refractivity contribution < 1.29 is 0 Å².